The second-order valence-corrected chi connectivity index (χ2v) is 10.8. The summed E-state index contributed by atoms with van der Waals surface area (Å²) in [6.07, 6.45) is 2.98. The van der Waals surface area contributed by atoms with Crippen LogP contribution in [0.1, 0.15) is 5.69 Å². The van der Waals surface area contributed by atoms with Gasteiger partial charge in [0.15, 0.2) is 0 Å². The molecule has 9 nitrogen and oxygen atoms in total. The molecule has 0 N–H and O–H groups in total. The second-order valence-electron chi connectivity index (χ2n) is 8.35. The summed E-state index contributed by atoms with van der Waals surface area (Å²) in [4.78, 5) is 21.1. The van der Waals surface area contributed by atoms with E-state index in [1.165, 1.54) is 24.7 Å². The largest absolute Gasteiger partial charge is 0.375 e. The Morgan fingerprint density at radius 3 is 2.41 bits per heavy atom. The summed E-state index contributed by atoms with van der Waals surface area (Å²) in [5.41, 5.74) is 3.95. The summed E-state index contributed by atoms with van der Waals surface area (Å²) in [5.74, 6) is -0.00717. The summed E-state index contributed by atoms with van der Waals surface area (Å²) in [6.45, 7) is 3.36. The zero-order valence-corrected chi connectivity index (χ0v) is 21.0. The maximum absolute atomic E-state index is 12.1. The predicted molar refractivity (Wildman–Crippen MR) is 133 cm³/mol. The van der Waals surface area contributed by atoms with Crippen molar-refractivity contribution >= 4 is 38.9 Å². The first kappa shape index (κ1) is 24.5. The number of aromatic nitrogens is 2. The lowest BCUT2D eigenvalue weighted by Crippen LogP contribution is -2.49. The third-order valence-corrected chi connectivity index (χ3v) is 7.50. The minimum Gasteiger partial charge on any atom is -0.375 e. The number of halogens is 1. The van der Waals surface area contributed by atoms with E-state index in [4.69, 9.17) is 21.3 Å². The van der Waals surface area contributed by atoms with Gasteiger partial charge in [0.05, 0.1) is 23.3 Å². The van der Waals surface area contributed by atoms with Crippen LogP contribution < -0.4 is 4.31 Å². The van der Waals surface area contributed by atoms with Crippen LogP contribution in [0.2, 0.25) is 5.02 Å². The number of methoxy groups -OCH3 is 1. The highest BCUT2D eigenvalue weighted by Crippen LogP contribution is 2.29. The molecule has 1 aliphatic rings. The van der Waals surface area contributed by atoms with Gasteiger partial charge in [-0.25, -0.2) is 13.4 Å². The summed E-state index contributed by atoms with van der Waals surface area (Å²) in [6, 6.07) is 11.1. The molecule has 1 aromatic carbocycles. The van der Waals surface area contributed by atoms with Gasteiger partial charge < -0.3 is 9.64 Å². The quantitative estimate of drug-likeness (QED) is 0.490. The van der Waals surface area contributed by atoms with E-state index in [9.17, 15) is 13.2 Å². The van der Waals surface area contributed by atoms with Gasteiger partial charge in [0, 0.05) is 63.7 Å². The number of ether oxygens (including phenoxy) is 1. The Morgan fingerprint density at radius 1 is 1.12 bits per heavy atom. The number of nitrogens with zero attached hydrogens (tertiary/aromatic N) is 5. The lowest BCUT2D eigenvalue weighted by molar-refractivity contribution is -0.136. The smallest absolute Gasteiger partial charge is 0.248 e. The van der Waals surface area contributed by atoms with Crippen molar-refractivity contribution < 1.29 is 17.9 Å². The first-order valence-corrected chi connectivity index (χ1v) is 13.1. The molecule has 0 unspecified atom stereocenters. The van der Waals surface area contributed by atoms with Crippen LogP contribution in [0.25, 0.3) is 16.9 Å². The first-order chi connectivity index (χ1) is 16.2. The molecule has 0 aliphatic carbocycles. The van der Waals surface area contributed by atoms with Crippen molar-refractivity contribution in [3.63, 3.8) is 0 Å². The number of carbonyl (C=O) groups excluding carboxylic acids is 1. The van der Waals surface area contributed by atoms with Gasteiger partial charge in [-0.05, 0) is 24.3 Å². The fraction of sp³-hybridized carbons (Fsp3) is 0.391. The van der Waals surface area contributed by atoms with Crippen LogP contribution in [0.3, 0.4) is 0 Å². The molecule has 4 rings (SSSR count). The van der Waals surface area contributed by atoms with Crippen LogP contribution in [0.15, 0.2) is 42.6 Å². The topological polar surface area (TPSA) is 87.5 Å². The van der Waals surface area contributed by atoms with E-state index in [1.807, 2.05) is 39.6 Å². The minimum atomic E-state index is -3.41. The van der Waals surface area contributed by atoms with Crippen LogP contribution in [0, 0.1) is 0 Å². The highest BCUT2D eigenvalue weighted by molar-refractivity contribution is 7.92. The summed E-state index contributed by atoms with van der Waals surface area (Å²) in [7, 11) is -0.355. The molecule has 1 aliphatic heterocycles. The molecule has 0 radical (unpaired) electrons. The number of hydrogen-bond acceptors (Lipinski definition) is 6. The lowest BCUT2D eigenvalue weighted by Gasteiger charge is -2.34. The van der Waals surface area contributed by atoms with E-state index < -0.39 is 10.0 Å². The van der Waals surface area contributed by atoms with E-state index in [0.717, 1.165) is 22.6 Å². The molecule has 182 valence electrons. The van der Waals surface area contributed by atoms with Crippen molar-refractivity contribution in [1.29, 1.82) is 0 Å². The predicted octanol–water partition coefficient (Wildman–Crippen LogP) is 2.34. The molecular formula is C23H28ClN5O4S. The number of anilines is 1. The maximum atomic E-state index is 12.1. The van der Waals surface area contributed by atoms with Gasteiger partial charge in [-0.2, -0.15) is 0 Å². The van der Waals surface area contributed by atoms with Gasteiger partial charge in [-0.3, -0.25) is 18.4 Å². The molecule has 2 aromatic heterocycles. The number of carbonyl (C=O) groups is 1. The number of amides is 1. The molecule has 0 bridgehead atoms. The second kappa shape index (κ2) is 9.91. The minimum absolute atomic E-state index is 0.00717. The van der Waals surface area contributed by atoms with Crippen molar-refractivity contribution in [2.24, 2.45) is 0 Å². The first-order valence-electron chi connectivity index (χ1n) is 10.9. The number of fused-ring (bicyclic) bond motifs is 1. The molecule has 1 amide bonds. The van der Waals surface area contributed by atoms with E-state index in [2.05, 4.69) is 4.90 Å². The number of pyridine rings is 1. The fourth-order valence-electron chi connectivity index (χ4n) is 4.03. The Balaban J connectivity index is 1.69. The molecule has 34 heavy (non-hydrogen) atoms. The monoisotopic (exact) mass is 505 g/mol. The van der Waals surface area contributed by atoms with Crippen molar-refractivity contribution in [2.45, 2.75) is 6.54 Å². The Morgan fingerprint density at radius 2 is 1.79 bits per heavy atom. The molecule has 0 spiro atoms. The average molecular weight is 506 g/mol. The van der Waals surface area contributed by atoms with Crippen molar-refractivity contribution in [2.75, 3.05) is 57.5 Å². The number of hydrogen-bond donors (Lipinski definition) is 0. The number of sulfonamides is 1. The number of rotatable bonds is 7. The molecule has 11 heteroatoms. The Kier molecular flexibility index (Phi) is 7.13. The van der Waals surface area contributed by atoms with Gasteiger partial charge in [0.25, 0.3) is 0 Å². The summed E-state index contributed by atoms with van der Waals surface area (Å²) < 4.78 is 32.4. The lowest BCUT2D eigenvalue weighted by atomic mass is 10.1. The maximum Gasteiger partial charge on any atom is 0.248 e. The zero-order valence-electron chi connectivity index (χ0n) is 19.4. The number of piperazine rings is 1. The van der Waals surface area contributed by atoms with E-state index >= 15 is 0 Å². The number of imidazole rings is 1. The highest BCUT2D eigenvalue weighted by atomic mass is 35.5. The third-order valence-electron chi connectivity index (χ3n) is 6.05. The third kappa shape index (κ3) is 5.20. The van der Waals surface area contributed by atoms with Crippen LogP contribution >= 0.6 is 11.6 Å². The fourth-order valence-corrected chi connectivity index (χ4v) is 4.65. The van der Waals surface area contributed by atoms with E-state index in [1.54, 1.807) is 12.3 Å². The van der Waals surface area contributed by atoms with Crippen LogP contribution in [0.4, 0.5) is 5.69 Å². The Hall–Kier alpha value is -2.66. The molecule has 1 fully saturated rings. The van der Waals surface area contributed by atoms with Crippen LogP contribution in [-0.4, -0.2) is 86.7 Å². The zero-order chi connectivity index (χ0) is 24.5. The summed E-state index contributed by atoms with van der Waals surface area (Å²) in [5, 5.41) is 0.642. The highest BCUT2D eigenvalue weighted by Gasteiger charge is 2.24. The molecule has 1 saturated heterocycles. The van der Waals surface area contributed by atoms with Crippen molar-refractivity contribution in [3.05, 3.63) is 53.3 Å². The Bertz CT molecular complexity index is 1280. The molecular weight excluding hydrogens is 478 g/mol. The molecule has 0 atom stereocenters. The van der Waals surface area contributed by atoms with Gasteiger partial charge >= 0.3 is 0 Å². The standard InChI is InChI=1S/C23H28ClN5O4S/c1-26(34(3,31)32)19-8-9-21-25-23(17-4-6-18(24)7-5-17)20(29(21)14-19)15-27-10-12-28(13-11-27)22(30)16-33-2/h4-9,14H,10-13,15-16H2,1-3H3. The molecule has 3 heterocycles. The Labute approximate surface area is 204 Å². The van der Waals surface area contributed by atoms with Gasteiger partial charge in [-0.15, -0.1) is 0 Å². The van der Waals surface area contributed by atoms with Crippen molar-refractivity contribution in [3.8, 4) is 11.3 Å². The normalized spacial score (nSPS) is 15.1. The van der Waals surface area contributed by atoms with Crippen molar-refractivity contribution in [1.82, 2.24) is 19.2 Å². The van der Waals surface area contributed by atoms with Gasteiger partial charge in [0.1, 0.15) is 12.3 Å². The van der Waals surface area contributed by atoms with Gasteiger partial charge in [0.2, 0.25) is 15.9 Å². The number of benzene rings is 1. The SMILES string of the molecule is COCC(=O)N1CCN(Cc2c(-c3ccc(Cl)cc3)nc3ccc(N(C)S(C)(=O)=O)cn23)CC1. The van der Waals surface area contributed by atoms with E-state index in [0.29, 0.717) is 43.4 Å². The van der Waals surface area contributed by atoms with E-state index in [-0.39, 0.29) is 12.5 Å². The molecule has 0 saturated carbocycles. The molecule has 3 aromatic rings. The summed E-state index contributed by atoms with van der Waals surface area (Å²) >= 11 is 6.10. The average Bonchev–Trinajstić information content (AvgIpc) is 3.16. The van der Waals surface area contributed by atoms with Crippen LogP contribution in [0.5, 0.6) is 0 Å². The van der Waals surface area contributed by atoms with Gasteiger partial charge in [-0.1, -0.05) is 23.7 Å². The van der Waals surface area contributed by atoms with Crippen LogP contribution in [-0.2, 0) is 26.1 Å².